The van der Waals surface area contributed by atoms with Gasteiger partial charge < -0.3 is 5.32 Å². The predicted octanol–water partition coefficient (Wildman–Crippen LogP) is 6.28. The Kier molecular flexibility index (Phi) is 7.34. The fraction of sp³-hybridized carbons (Fsp3) is 0.194. The second-order valence-electron chi connectivity index (χ2n) is 9.55. The van der Waals surface area contributed by atoms with Crippen molar-refractivity contribution in [3.8, 4) is 38.5 Å². The number of rotatable bonds is 7. The Morgan fingerprint density at radius 2 is 1.64 bits per heavy atom. The van der Waals surface area contributed by atoms with E-state index in [1.54, 1.807) is 17.5 Å². The van der Waals surface area contributed by atoms with Gasteiger partial charge in [-0.3, -0.25) is 9.88 Å². The minimum absolute atomic E-state index is 0.197. The van der Waals surface area contributed by atoms with Crippen LogP contribution in [0.25, 0.3) is 32.4 Å². The van der Waals surface area contributed by atoms with Gasteiger partial charge in [-0.05, 0) is 42.2 Å². The fourth-order valence-corrected chi connectivity index (χ4v) is 5.93. The van der Waals surface area contributed by atoms with Gasteiger partial charge >= 0.3 is 0 Å². The Labute approximate surface area is 231 Å². The van der Waals surface area contributed by atoms with Crippen LogP contribution in [0.4, 0.5) is 5.82 Å². The van der Waals surface area contributed by atoms with Gasteiger partial charge in [0.15, 0.2) is 0 Å². The number of hydrogen-bond acceptors (Lipinski definition) is 8. The lowest BCUT2D eigenvalue weighted by molar-refractivity contribution is 0.211. The van der Waals surface area contributed by atoms with Crippen LogP contribution in [0, 0.1) is 11.3 Å². The van der Waals surface area contributed by atoms with Gasteiger partial charge in [0.2, 0.25) is 5.82 Å². The first-order chi connectivity index (χ1) is 19.2. The van der Waals surface area contributed by atoms with E-state index in [-0.39, 0.29) is 5.82 Å². The molecule has 0 atom stereocenters. The summed E-state index contributed by atoms with van der Waals surface area (Å²) in [5.74, 6) is 0.919. The number of anilines is 1. The molecule has 0 spiro atoms. The molecule has 192 valence electrons. The maximum atomic E-state index is 9.02. The van der Waals surface area contributed by atoms with E-state index >= 15 is 0 Å². The maximum Gasteiger partial charge on any atom is 0.234 e. The zero-order valence-corrected chi connectivity index (χ0v) is 22.2. The fourth-order valence-electron chi connectivity index (χ4n) is 4.86. The smallest absolute Gasteiger partial charge is 0.234 e. The quantitative estimate of drug-likeness (QED) is 0.265. The van der Waals surface area contributed by atoms with Gasteiger partial charge in [-0.25, -0.2) is 15.0 Å². The topological polar surface area (TPSA) is 90.6 Å². The number of nitrogens with zero attached hydrogens (tertiary/aromatic N) is 6. The number of piperidine rings is 1. The van der Waals surface area contributed by atoms with Crippen LogP contribution in [0.3, 0.4) is 0 Å². The number of hydrogen-bond donors (Lipinski definition) is 1. The third kappa shape index (κ3) is 5.85. The highest BCUT2D eigenvalue weighted by Gasteiger charge is 2.20. The van der Waals surface area contributed by atoms with Crippen molar-refractivity contribution >= 4 is 17.2 Å². The molecule has 1 aliphatic rings. The van der Waals surface area contributed by atoms with Crippen LogP contribution in [0.15, 0.2) is 91.3 Å². The van der Waals surface area contributed by atoms with Crippen LogP contribution in [0.5, 0.6) is 0 Å². The molecule has 2 aromatic carbocycles. The van der Waals surface area contributed by atoms with E-state index in [1.165, 1.54) is 11.1 Å². The lowest BCUT2D eigenvalue weighted by Gasteiger charge is -2.32. The zero-order chi connectivity index (χ0) is 26.4. The number of thiazole rings is 1. The van der Waals surface area contributed by atoms with E-state index in [0.717, 1.165) is 65.1 Å². The van der Waals surface area contributed by atoms with Gasteiger partial charge in [-0.15, -0.1) is 11.3 Å². The number of aromatic nitrogens is 4. The van der Waals surface area contributed by atoms with Crippen molar-refractivity contribution in [1.82, 2.24) is 24.8 Å². The van der Waals surface area contributed by atoms with Gasteiger partial charge in [-0.1, -0.05) is 60.7 Å². The van der Waals surface area contributed by atoms with Crippen LogP contribution in [-0.4, -0.2) is 44.0 Å². The van der Waals surface area contributed by atoms with E-state index < -0.39 is 0 Å². The van der Waals surface area contributed by atoms with Crippen LogP contribution < -0.4 is 5.32 Å². The predicted molar refractivity (Wildman–Crippen MR) is 155 cm³/mol. The lowest BCUT2D eigenvalue weighted by atomic mass is 10.0. The maximum absolute atomic E-state index is 9.02. The molecule has 1 fully saturated rings. The summed E-state index contributed by atoms with van der Waals surface area (Å²) in [6.07, 6.45) is 5.50. The first kappa shape index (κ1) is 24.9. The Morgan fingerprint density at radius 3 is 2.38 bits per heavy atom. The van der Waals surface area contributed by atoms with E-state index in [0.29, 0.717) is 6.04 Å². The molecule has 3 aromatic heterocycles. The molecule has 0 amide bonds. The molecule has 39 heavy (non-hydrogen) atoms. The summed E-state index contributed by atoms with van der Waals surface area (Å²) in [7, 11) is 0. The average Bonchev–Trinajstić information content (AvgIpc) is 3.45. The molecule has 0 bridgehead atoms. The second kappa shape index (κ2) is 11.5. The molecule has 0 radical (unpaired) electrons. The van der Waals surface area contributed by atoms with Crippen molar-refractivity contribution in [2.75, 3.05) is 18.4 Å². The molecule has 1 aliphatic heterocycles. The van der Waals surface area contributed by atoms with Crippen molar-refractivity contribution in [3.05, 3.63) is 103 Å². The Bertz CT molecular complexity index is 1570. The van der Waals surface area contributed by atoms with Gasteiger partial charge in [0.1, 0.15) is 16.9 Å². The largest absolute Gasteiger partial charge is 0.367 e. The number of nitrogens with one attached hydrogen (secondary N) is 1. The van der Waals surface area contributed by atoms with Gasteiger partial charge in [-0.2, -0.15) is 5.26 Å². The van der Waals surface area contributed by atoms with E-state index in [2.05, 4.69) is 73.7 Å². The molecule has 1 N–H and O–H groups in total. The Balaban J connectivity index is 1.14. The Morgan fingerprint density at radius 1 is 0.846 bits per heavy atom. The van der Waals surface area contributed by atoms with Crippen LogP contribution in [0.1, 0.15) is 24.2 Å². The van der Waals surface area contributed by atoms with E-state index in [4.69, 9.17) is 10.2 Å². The summed E-state index contributed by atoms with van der Waals surface area (Å²) in [6, 6.07) is 29.4. The van der Waals surface area contributed by atoms with Gasteiger partial charge in [0.25, 0.3) is 0 Å². The minimum Gasteiger partial charge on any atom is -0.367 e. The molecular weight excluding hydrogens is 502 g/mol. The molecule has 1 saturated heterocycles. The molecule has 0 saturated carbocycles. The van der Waals surface area contributed by atoms with Crippen LogP contribution >= 0.6 is 11.3 Å². The molecular formula is C31H27N7S. The molecule has 5 aromatic rings. The highest BCUT2D eigenvalue weighted by Crippen LogP contribution is 2.40. The lowest BCUT2D eigenvalue weighted by Crippen LogP contribution is -2.38. The van der Waals surface area contributed by atoms with Crippen molar-refractivity contribution < 1.29 is 0 Å². The second-order valence-corrected chi connectivity index (χ2v) is 10.5. The van der Waals surface area contributed by atoms with E-state index in [9.17, 15) is 0 Å². The third-order valence-electron chi connectivity index (χ3n) is 6.88. The minimum atomic E-state index is 0.197. The summed E-state index contributed by atoms with van der Waals surface area (Å²) in [4.78, 5) is 21.4. The average molecular weight is 530 g/mol. The molecule has 7 nitrogen and oxygen atoms in total. The molecule has 0 unspecified atom stereocenters. The summed E-state index contributed by atoms with van der Waals surface area (Å²) < 4.78 is 0. The van der Waals surface area contributed by atoms with Crippen molar-refractivity contribution in [2.45, 2.75) is 25.4 Å². The van der Waals surface area contributed by atoms with Crippen LogP contribution in [0.2, 0.25) is 0 Å². The zero-order valence-electron chi connectivity index (χ0n) is 21.4. The third-order valence-corrected chi connectivity index (χ3v) is 8.00. The SMILES string of the molecule is N#Cc1nccc(NC2CCN(Cc3ccc(-c4sc(-c5ccccn5)nc4-c4ccccc4)cc3)CC2)n1. The summed E-state index contributed by atoms with van der Waals surface area (Å²) in [5, 5.41) is 13.4. The van der Waals surface area contributed by atoms with Crippen LogP contribution in [-0.2, 0) is 6.54 Å². The molecule has 0 aliphatic carbocycles. The number of likely N-dealkylation sites (tertiary alicyclic amines) is 1. The standard InChI is InChI=1S/C31H27N7S/c32-20-28-34-17-13-27(36-28)35-25-14-18-38(19-15-25)21-22-9-11-24(12-10-22)30-29(23-6-2-1-3-7-23)37-31(39-30)26-8-4-5-16-33-26/h1-13,16-17,25H,14-15,18-19,21H2,(H,34,35,36). The summed E-state index contributed by atoms with van der Waals surface area (Å²) in [6.45, 7) is 2.94. The normalized spacial score (nSPS) is 14.1. The van der Waals surface area contributed by atoms with Crippen molar-refractivity contribution in [1.29, 1.82) is 5.26 Å². The van der Waals surface area contributed by atoms with Gasteiger partial charge in [0, 0.05) is 43.6 Å². The van der Waals surface area contributed by atoms with Gasteiger partial charge in [0.05, 0.1) is 16.3 Å². The number of nitriles is 1. The first-order valence-electron chi connectivity index (χ1n) is 13.0. The highest BCUT2D eigenvalue weighted by atomic mass is 32.1. The monoisotopic (exact) mass is 529 g/mol. The molecule has 4 heterocycles. The first-order valence-corrected chi connectivity index (χ1v) is 13.9. The van der Waals surface area contributed by atoms with Crippen molar-refractivity contribution in [3.63, 3.8) is 0 Å². The summed E-state index contributed by atoms with van der Waals surface area (Å²) in [5.41, 5.74) is 5.47. The highest BCUT2D eigenvalue weighted by molar-refractivity contribution is 7.18. The molecule has 8 heteroatoms. The van der Waals surface area contributed by atoms with E-state index in [1.807, 2.05) is 42.6 Å². The number of benzene rings is 2. The molecule has 6 rings (SSSR count). The summed E-state index contributed by atoms with van der Waals surface area (Å²) >= 11 is 1.69. The number of pyridine rings is 1. The Hall–Kier alpha value is -4.45. The van der Waals surface area contributed by atoms with Crippen molar-refractivity contribution in [2.24, 2.45) is 0 Å².